The van der Waals surface area contributed by atoms with E-state index in [1.165, 1.54) is 0 Å². The maximum atomic E-state index is 12.0. The summed E-state index contributed by atoms with van der Waals surface area (Å²) in [4.78, 5) is 12.0. The third-order valence-electron chi connectivity index (χ3n) is 2.92. The Bertz CT molecular complexity index is 417. The molecule has 0 saturated carbocycles. The molecule has 0 radical (unpaired) electrons. The number of hydrogen-bond acceptors (Lipinski definition) is 3. The van der Waals surface area contributed by atoms with Crippen LogP contribution in [0.3, 0.4) is 0 Å². The molecular formula is C13H21BrN2OS. The molecule has 1 unspecified atom stereocenters. The standard InChI is InChI=1S/C13H21BrN2OS/c1-5-9(3)18-8-11(17)7-12-13(14)10(4)15-16(12)6-2/h9H,5-8H2,1-4H3. The molecule has 0 spiro atoms. The van der Waals surface area contributed by atoms with E-state index in [2.05, 4.69) is 34.9 Å². The summed E-state index contributed by atoms with van der Waals surface area (Å²) in [6.45, 7) is 9.11. The molecule has 1 atom stereocenters. The molecule has 102 valence electrons. The first kappa shape index (κ1) is 15.8. The van der Waals surface area contributed by atoms with Gasteiger partial charge in [0.2, 0.25) is 0 Å². The van der Waals surface area contributed by atoms with E-state index in [0.29, 0.717) is 17.4 Å². The molecule has 0 N–H and O–H groups in total. The first-order chi connectivity index (χ1) is 8.49. The van der Waals surface area contributed by atoms with Crippen molar-refractivity contribution in [3.8, 4) is 0 Å². The third kappa shape index (κ3) is 4.12. The number of ketones is 1. The highest BCUT2D eigenvalue weighted by Gasteiger charge is 2.16. The lowest BCUT2D eigenvalue weighted by atomic mass is 10.2. The molecule has 0 bridgehead atoms. The predicted molar refractivity (Wildman–Crippen MR) is 81.3 cm³/mol. The first-order valence-corrected chi connectivity index (χ1v) is 8.18. The lowest BCUT2D eigenvalue weighted by Gasteiger charge is -2.08. The highest BCUT2D eigenvalue weighted by Crippen LogP contribution is 2.22. The van der Waals surface area contributed by atoms with Crippen molar-refractivity contribution in [3.63, 3.8) is 0 Å². The minimum Gasteiger partial charge on any atom is -0.298 e. The molecule has 0 aliphatic heterocycles. The number of halogens is 1. The Kier molecular flexibility index (Phi) is 6.43. The Morgan fingerprint density at radius 3 is 2.72 bits per heavy atom. The second-order valence-electron chi connectivity index (χ2n) is 4.41. The van der Waals surface area contributed by atoms with Crippen LogP contribution in [0.25, 0.3) is 0 Å². The van der Waals surface area contributed by atoms with Crippen molar-refractivity contribution in [1.29, 1.82) is 0 Å². The topological polar surface area (TPSA) is 34.9 Å². The van der Waals surface area contributed by atoms with Gasteiger partial charge >= 0.3 is 0 Å². The van der Waals surface area contributed by atoms with Gasteiger partial charge < -0.3 is 0 Å². The Labute approximate surface area is 122 Å². The van der Waals surface area contributed by atoms with Crippen molar-refractivity contribution >= 4 is 33.5 Å². The minimum atomic E-state index is 0.274. The van der Waals surface area contributed by atoms with Crippen molar-refractivity contribution in [2.24, 2.45) is 0 Å². The van der Waals surface area contributed by atoms with Crippen LogP contribution in [-0.4, -0.2) is 26.6 Å². The maximum absolute atomic E-state index is 12.0. The zero-order valence-electron chi connectivity index (χ0n) is 11.5. The van der Waals surface area contributed by atoms with Gasteiger partial charge in [0.25, 0.3) is 0 Å². The van der Waals surface area contributed by atoms with E-state index in [1.54, 1.807) is 11.8 Å². The molecular weight excluding hydrogens is 312 g/mol. The van der Waals surface area contributed by atoms with E-state index >= 15 is 0 Å². The molecule has 0 amide bonds. The second kappa shape index (κ2) is 7.34. The molecule has 0 fully saturated rings. The Morgan fingerprint density at radius 2 is 2.17 bits per heavy atom. The fourth-order valence-corrected chi connectivity index (χ4v) is 2.86. The van der Waals surface area contributed by atoms with Crippen LogP contribution in [0.2, 0.25) is 0 Å². The summed E-state index contributed by atoms with van der Waals surface area (Å²) in [5, 5.41) is 4.96. The average molecular weight is 333 g/mol. The van der Waals surface area contributed by atoms with Crippen LogP contribution in [0.1, 0.15) is 38.6 Å². The van der Waals surface area contributed by atoms with Crippen LogP contribution in [0.4, 0.5) is 0 Å². The number of thioether (sulfide) groups is 1. The first-order valence-electron chi connectivity index (χ1n) is 6.34. The number of carbonyl (C=O) groups is 1. The van der Waals surface area contributed by atoms with Gasteiger partial charge in [0, 0.05) is 11.8 Å². The Hall–Kier alpha value is -0.290. The summed E-state index contributed by atoms with van der Waals surface area (Å²) < 4.78 is 2.89. The van der Waals surface area contributed by atoms with Crippen LogP contribution in [0.5, 0.6) is 0 Å². The number of rotatable bonds is 7. The molecule has 1 rings (SSSR count). The fourth-order valence-electron chi connectivity index (χ4n) is 1.63. The summed E-state index contributed by atoms with van der Waals surface area (Å²) in [6, 6.07) is 0. The number of carbonyl (C=O) groups excluding carboxylic acids is 1. The molecule has 0 aliphatic carbocycles. The Morgan fingerprint density at radius 1 is 1.50 bits per heavy atom. The third-order valence-corrected chi connectivity index (χ3v) is 5.34. The van der Waals surface area contributed by atoms with Crippen LogP contribution >= 0.6 is 27.7 Å². The summed E-state index contributed by atoms with van der Waals surface area (Å²) in [5.41, 5.74) is 1.96. The van der Waals surface area contributed by atoms with E-state index < -0.39 is 0 Å². The average Bonchev–Trinajstić information content (AvgIpc) is 2.63. The lowest BCUT2D eigenvalue weighted by molar-refractivity contribution is -0.116. The fraction of sp³-hybridized carbons (Fsp3) is 0.692. The Balaban J connectivity index is 2.64. The van der Waals surface area contributed by atoms with Crippen LogP contribution < -0.4 is 0 Å². The summed E-state index contributed by atoms with van der Waals surface area (Å²) in [7, 11) is 0. The SMILES string of the molecule is CCC(C)SCC(=O)Cc1c(Br)c(C)nn1CC. The molecule has 1 heterocycles. The van der Waals surface area contributed by atoms with E-state index in [1.807, 2.05) is 18.5 Å². The van der Waals surface area contributed by atoms with Gasteiger partial charge in [-0.1, -0.05) is 13.8 Å². The number of hydrogen-bond donors (Lipinski definition) is 0. The molecule has 0 aliphatic rings. The van der Waals surface area contributed by atoms with Gasteiger partial charge in [-0.25, -0.2) is 0 Å². The second-order valence-corrected chi connectivity index (χ2v) is 6.63. The largest absolute Gasteiger partial charge is 0.298 e. The van der Waals surface area contributed by atoms with E-state index in [0.717, 1.165) is 28.8 Å². The predicted octanol–water partition coefficient (Wildman–Crippen LogP) is 3.62. The number of nitrogens with zero attached hydrogens (tertiary/aromatic N) is 2. The van der Waals surface area contributed by atoms with Crippen LogP contribution in [-0.2, 0) is 17.8 Å². The van der Waals surface area contributed by atoms with Crippen molar-refractivity contribution in [2.75, 3.05) is 5.75 Å². The summed E-state index contributed by atoms with van der Waals surface area (Å²) >= 11 is 5.26. The smallest absolute Gasteiger partial charge is 0.148 e. The van der Waals surface area contributed by atoms with Crippen LogP contribution in [0, 0.1) is 6.92 Å². The van der Waals surface area contributed by atoms with Crippen molar-refractivity contribution in [3.05, 3.63) is 15.9 Å². The van der Waals surface area contributed by atoms with E-state index in [4.69, 9.17) is 0 Å². The van der Waals surface area contributed by atoms with Crippen LogP contribution in [0.15, 0.2) is 4.47 Å². The molecule has 0 saturated heterocycles. The van der Waals surface area contributed by atoms with Gasteiger partial charge in [0.05, 0.1) is 28.0 Å². The molecule has 5 heteroatoms. The van der Waals surface area contributed by atoms with Crippen molar-refractivity contribution in [2.45, 2.75) is 52.3 Å². The highest BCUT2D eigenvalue weighted by atomic mass is 79.9. The van der Waals surface area contributed by atoms with Gasteiger partial charge in [-0.15, -0.1) is 0 Å². The molecule has 18 heavy (non-hydrogen) atoms. The van der Waals surface area contributed by atoms with Gasteiger partial charge in [0.1, 0.15) is 5.78 Å². The maximum Gasteiger partial charge on any atom is 0.148 e. The normalized spacial score (nSPS) is 12.7. The molecule has 3 nitrogen and oxygen atoms in total. The van der Waals surface area contributed by atoms with Gasteiger partial charge in [0.15, 0.2) is 0 Å². The molecule has 1 aromatic rings. The molecule has 1 aromatic heterocycles. The number of Topliss-reactive ketones (excluding diaryl/α,β-unsaturated/α-hetero) is 1. The van der Waals surface area contributed by atoms with Gasteiger partial charge in [-0.05, 0) is 36.2 Å². The zero-order valence-corrected chi connectivity index (χ0v) is 13.9. The quantitative estimate of drug-likeness (QED) is 0.764. The van der Waals surface area contributed by atoms with E-state index in [-0.39, 0.29) is 5.78 Å². The van der Waals surface area contributed by atoms with Gasteiger partial charge in [-0.3, -0.25) is 9.48 Å². The van der Waals surface area contributed by atoms with Crippen molar-refractivity contribution in [1.82, 2.24) is 9.78 Å². The molecule has 0 aromatic carbocycles. The van der Waals surface area contributed by atoms with Gasteiger partial charge in [-0.2, -0.15) is 16.9 Å². The summed E-state index contributed by atoms with van der Waals surface area (Å²) in [6.07, 6.45) is 1.58. The van der Waals surface area contributed by atoms with Crippen molar-refractivity contribution < 1.29 is 4.79 Å². The number of aromatic nitrogens is 2. The highest BCUT2D eigenvalue weighted by molar-refractivity contribution is 9.10. The summed E-state index contributed by atoms with van der Waals surface area (Å²) in [5.74, 6) is 0.866. The number of aryl methyl sites for hydroxylation is 2. The lowest BCUT2D eigenvalue weighted by Crippen LogP contribution is -2.13. The van der Waals surface area contributed by atoms with E-state index in [9.17, 15) is 4.79 Å². The zero-order chi connectivity index (χ0) is 13.7. The monoisotopic (exact) mass is 332 g/mol. The minimum absolute atomic E-state index is 0.274.